The maximum atomic E-state index is 11.7. The molecule has 1 atom stereocenters. The standard InChI is InChI=1S/C13H25N3O3/c1-6-16(7-10(2)3)8-12(17)15-13(18)14-11(4)9-19-5/h11H,2,6-9H2,1,3-5H3,(H2,14,15,17,18). The Balaban J connectivity index is 4.08. The van der Waals surface area contributed by atoms with Crippen molar-refractivity contribution < 1.29 is 14.3 Å². The van der Waals surface area contributed by atoms with Crippen LogP contribution in [0.25, 0.3) is 0 Å². The van der Waals surface area contributed by atoms with E-state index in [-0.39, 0.29) is 18.5 Å². The second-order valence-electron chi connectivity index (χ2n) is 4.64. The number of amides is 3. The molecule has 0 fully saturated rings. The van der Waals surface area contributed by atoms with E-state index in [0.29, 0.717) is 13.2 Å². The van der Waals surface area contributed by atoms with E-state index in [2.05, 4.69) is 17.2 Å². The number of hydrogen-bond acceptors (Lipinski definition) is 4. The summed E-state index contributed by atoms with van der Waals surface area (Å²) in [4.78, 5) is 25.1. The lowest BCUT2D eigenvalue weighted by Crippen LogP contribution is -2.48. The predicted molar refractivity (Wildman–Crippen MR) is 74.9 cm³/mol. The number of likely N-dealkylation sites (N-methyl/N-ethyl adjacent to an activating group) is 1. The lowest BCUT2D eigenvalue weighted by atomic mass is 10.3. The molecule has 6 heteroatoms. The van der Waals surface area contributed by atoms with Gasteiger partial charge in [0.05, 0.1) is 19.2 Å². The van der Waals surface area contributed by atoms with Crippen molar-refractivity contribution in [3.05, 3.63) is 12.2 Å². The molecule has 0 bridgehead atoms. The highest BCUT2D eigenvalue weighted by Gasteiger charge is 2.13. The third-order valence-electron chi connectivity index (χ3n) is 2.36. The number of imide groups is 1. The molecule has 0 radical (unpaired) electrons. The number of urea groups is 1. The van der Waals surface area contributed by atoms with Gasteiger partial charge in [0, 0.05) is 13.7 Å². The Labute approximate surface area is 115 Å². The first kappa shape index (κ1) is 17.6. The molecule has 0 aliphatic carbocycles. The molecule has 110 valence electrons. The van der Waals surface area contributed by atoms with Gasteiger partial charge in [0.2, 0.25) is 5.91 Å². The normalized spacial score (nSPS) is 12.1. The molecular weight excluding hydrogens is 246 g/mol. The van der Waals surface area contributed by atoms with E-state index in [4.69, 9.17) is 4.74 Å². The SMILES string of the molecule is C=C(C)CN(CC)CC(=O)NC(=O)NC(C)COC. The molecule has 0 aromatic rings. The highest BCUT2D eigenvalue weighted by Crippen LogP contribution is 1.94. The molecule has 1 unspecified atom stereocenters. The molecule has 0 heterocycles. The Hall–Kier alpha value is -1.40. The fraction of sp³-hybridized carbons (Fsp3) is 0.692. The van der Waals surface area contributed by atoms with E-state index < -0.39 is 6.03 Å². The van der Waals surface area contributed by atoms with Gasteiger partial charge in [0.1, 0.15) is 0 Å². The Morgan fingerprint density at radius 1 is 1.37 bits per heavy atom. The summed E-state index contributed by atoms with van der Waals surface area (Å²) in [6, 6.07) is -0.642. The molecule has 3 amide bonds. The number of nitrogens with zero attached hydrogens (tertiary/aromatic N) is 1. The Morgan fingerprint density at radius 2 is 2.00 bits per heavy atom. The first-order valence-corrected chi connectivity index (χ1v) is 6.35. The Morgan fingerprint density at radius 3 is 2.47 bits per heavy atom. The number of hydrogen-bond donors (Lipinski definition) is 2. The molecule has 0 saturated carbocycles. The first-order valence-electron chi connectivity index (χ1n) is 6.35. The zero-order valence-electron chi connectivity index (χ0n) is 12.3. The topological polar surface area (TPSA) is 70.7 Å². The van der Waals surface area contributed by atoms with Gasteiger partial charge in [-0.15, -0.1) is 0 Å². The zero-order valence-corrected chi connectivity index (χ0v) is 12.3. The van der Waals surface area contributed by atoms with Crippen molar-refractivity contribution >= 4 is 11.9 Å². The fourth-order valence-electron chi connectivity index (χ4n) is 1.58. The summed E-state index contributed by atoms with van der Waals surface area (Å²) < 4.78 is 4.89. The molecule has 0 aromatic heterocycles. The second kappa shape index (κ2) is 9.52. The van der Waals surface area contributed by atoms with Crippen LogP contribution in [0.3, 0.4) is 0 Å². The maximum Gasteiger partial charge on any atom is 0.321 e. The molecule has 0 aliphatic heterocycles. The van der Waals surface area contributed by atoms with E-state index in [9.17, 15) is 9.59 Å². The van der Waals surface area contributed by atoms with Gasteiger partial charge in [-0.1, -0.05) is 19.1 Å². The molecule has 2 N–H and O–H groups in total. The van der Waals surface area contributed by atoms with Gasteiger partial charge in [-0.25, -0.2) is 4.79 Å². The van der Waals surface area contributed by atoms with Crippen molar-refractivity contribution in [2.24, 2.45) is 0 Å². The predicted octanol–water partition coefficient (Wildman–Crippen LogP) is 0.745. The van der Waals surface area contributed by atoms with Gasteiger partial charge in [0.15, 0.2) is 0 Å². The first-order chi connectivity index (χ1) is 8.88. The monoisotopic (exact) mass is 271 g/mol. The lowest BCUT2D eigenvalue weighted by molar-refractivity contribution is -0.121. The minimum Gasteiger partial charge on any atom is -0.383 e. The molecule has 6 nitrogen and oxygen atoms in total. The largest absolute Gasteiger partial charge is 0.383 e. The zero-order chi connectivity index (χ0) is 14.8. The summed E-state index contributed by atoms with van der Waals surface area (Å²) in [5.41, 5.74) is 0.979. The second-order valence-corrected chi connectivity index (χ2v) is 4.64. The van der Waals surface area contributed by atoms with Gasteiger partial charge < -0.3 is 10.1 Å². The number of rotatable bonds is 8. The number of ether oxygens (including phenoxy) is 1. The molecule has 19 heavy (non-hydrogen) atoms. The van der Waals surface area contributed by atoms with Crippen LogP contribution in [0.15, 0.2) is 12.2 Å². The molecule has 0 aromatic carbocycles. The number of nitrogens with one attached hydrogen (secondary N) is 2. The molecule has 0 spiro atoms. The van der Waals surface area contributed by atoms with Crippen molar-refractivity contribution in [1.82, 2.24) is 15.5 Å². The van der Waals surface area contributed by atoms with E-state index >= 15 is 0 Å². The van der Waals surface area contributed by atoms with E-state index in [1.807, 2.05) is 18.7 Å². The third kappa shape index (κ3) is 9.21. The van der Waals surface area contributed by atoms with Crippen LogP contribution < -0.4 is 10.6 Å². The third-order valence-corrected chi connectivity index (χ3v) is 2.36. The van der Waals surface area contributed by atoms with Crippen molar-refractivity contribution in [1.29, 1.82) is 0 Å². The van der Waals surface area contributed by atoms with Gasteiger partial charge in [-0.3, -0.25) is 15.0 Å². The fourth-order valence-corrected chi connectivity index (χ4v) is 1.58. The Bertz CT molecular complexity index is 318. The summed E-state index contributed by atoms with van der Waals surface area (Å²) in [7, 11) is 1.55. The highest BCUT2D eigenvalue weighted by atomic mass is 16.5. The van der Waals surface area contributed by atoms with E-state index in [0.717, 1.165) is 12.1 Å². The van der Waals surface area contributed by atoms with Crippen LogP contribution in [0.5, 0.6) is 0 Å². The molecule has 0 rings (SSSR count). The van der Waals surface area contributed by atoms with Crippen molar-refractivity contribution in [2.75, 3.05) is 33.4 Å². The number of methoxy groups -OCH3 is 1. The van der Waals surface area contributed by atoms with Gasteiger partial charge in [0.25, 0.3) is 0 Å². The minimum atomic E-state index is -0.499. The smallest absolute Gasteiger partial charge is 0.321 e. The lowest BCUT2D eigenvalue weighted by Gasteiger charge is -2.20. The summed E-state index contributed by atoms with van der Waals surface area (Å²) in [6.45, 7) is 11.4. The van der Waals surface area contributed by atoms with Gasteiger partial charge in [-0.2, -0.15) is 0 Å². The summed E-state index contributed by atoms with van der Waals surface area (Å²) >= 11 is 0. The van der Waals surface area contributed by atoms with Crippen LogP contribution in [-0.4, -0.2) is 56.2 Å². The quantitative estimate of drug-likeness (QED) is 0.639. The average molecular weight is 271 g/mol. The minimum absolute atomic E-state index is 0.143. The van der Waals surface area contributed by atoms with Crippen LogP contribution in [0.2, 0.25) is 0 Å². The Kier molecular flexibility index (Phi) is 8.82. The van der Waals surface area contributed by atoms with Crippen LogP contribution in [0, 0.1) is 0 Å². The van der Waals surface area contributed by atoms with Crippen LogP contribution in [0.4, 0.5) is 4.79 Å². The van der Waals surface area contributed by atoms with Crippen LogP contribution >= 0.6 is 0 Å². The summed E-state index contributed by atoms with van der Waals surface area (Å²) in [5, 5.41) is 4.90. The van der Waals surface area contributed by atoms with Crippen LogP contribution in [0.1, 0.15) is 20.8 Å². The number of carbonyl (C=O) groups is 2. The van der Waals surface area contributed by atoms with Crippen molar-refractivity contribution in [3.63, 3.8) is 0 Å². The van der Waals surface area contributed by atoms with Gasteiger partial charge >= 0.3 is 6.03 Å². The van der Waals surface area contributed by atoms with Gasteiger partial charge in [-0.05, 0) is 20.4 Å². The maximum absolute atomic E-state index is 11.7. The molecule has 0 saturated heterocycles. The summed E-state index contributed by atoms with van der Waals surface area (Å²) in [6.07, 6.45) is 0. The van der Waals surface area contributed by atoms with E-state index in [1.165, 1.54) is 0 Å². The molecular formula is C13H25N3O3. The highest BCUT2D eigenvalue weighted by molar-refractivity contribution is 5.95. The molecule has 0 aliphatic rings. The van der Waals surface area contributed by atoms with Crippen molar-refractivity contribution in [2.45, 2.75) is 26.8 Å². The summed E-state index contributed by atoms with van der Waals surface area (Å²) in [5.74, 6) is -0.329. The van der Waals surface area contributed by atoms with Crippen LogP contribution in [-0.2, 0) is 9.53 Å². The number of carbonyl (C=O) groups excluding carboxylic acids is 2. The van der Waals surface area contributed by atoms with E-state index in [1.54, 1.807) is 14.0 Å². The average Bonchev–Trinajstić information content (AvgIpc) is 2.26. The van der Waals surface area contributed by atoms with Crippen molar-refractivity contribution in [3.8, 4) is 0 Å².